The van der Waals surface area contributed by atoms with Crippen LogP contribution in [0.1, 0.15) is 33.1 Å². The summed E-state index contributed by atoms with van der Waals surface area (Å²) in [4.78, 5) is 24.3. The van der Waals surface area contributed by atoms with Crippen molar-refractivity contribution in [2.24, 2.45) is 0 Å². The van der Waals surface area contributed by atoms with Crippen molar-refractivity contribution in [1.82, 2.24) is 10.2 Å². The van der Waals surface area contributed by atoms with E-state index in [4.69, 9.17) is 9.84 Å². The number of methoxy groups -OCH3 is 1. The van der Waals surface area contributed by atoms with Crippen molar-refractivity contribution in [3.8, 4) is 0 Å². The Morgan fingerprint density at radius 2 is 2.06 bits per heavy atom. The first kappa shape index (κ1) is 16.7. The van der Waals surface area contributed by atoms with Crippen molar-refractivity contribution in [2.45, 2.75) is 45.2 Å². The van der Waals surface area contributed by atoms with E-state index in [1.165, 1.54) is 4.90 Å². The lowest BCUT2D eigenvalue weighted by molar-refractivity contribution is -0.139. The van der Waals surface area contributed by atoms with E-state index >= 15 is 0 Å². The molecule has 0 aliphatic heterocycles. The van der Waals surface area contributed by atoms with Gasteiger partial charge in [-0.05, 0) is 26.2 Å². The quantitative estimate of drug-likeness (QED) is 0.645. The Labute approximate surface area is 108 Å². The second kappa shape index (κ2) is 8.74. The highest BCUT2D eigenvalue weighted by Gasteiger charge is 2.22. The van der Waals surface area contributed by atoms with Crippen molar-refractivity contribution >= 4 is 12.0 Å². The molecule has 2 unspecified atom stereocenters. The molecule has 0 aromatic rings. The van der Waals surface area contributed by atoms with Crippen LogP contribution in [-0.2, 0) is 9.53 Å². The van der Waals surface area contributed by atoms with E-state index in [0.29, 0.717) is 19.4 Å². The minimum absolute atomic E-state index is 0.0819. The smallest absolute Gasteiger partial charge is 0.326 e. The number of urea groups is 1. The number of carboxylic acids is 1. The van der Waals surface area contributed by atoms with Crippen molar-refractivity contribution < 1.29 is 19.4 Å². The Hall–Kier alpha value is -1.30. The maximum absolute atomic E-state index is 11.8. The van der Waals surface area contributed by atoms with Crippen LogP contribution in [0.25, 0.3) is 0 Å². The van der Waals surface area contributed by atoms with E-state index in [1.54, 1.807) is 14.2 Å². The number of nitrogens with one attached hydrogen (secondary N) is 1. The fourth-order valence-corrected chi connectivity index (χ4v) is 1.41. The predicted molar refractivity (Wildman–Crippen MR) is 68.6 cm³/mol. The summed E-state index contributed by atoms with van der Waals surface area (Å²) in [5.41, 5.74) is 0. The monoisotopic (exact) mass is 260 g/mol. The van der Waals surface area contributed by atoms with Gasteiger partial charge < -0.3 is 20.1 Å². The van der Waals surface area contributed by atoms with Crippen LogP contribution in [0, 0.1) is 0 Å². The predicted octanol–water partition coefficient (Wildman–Crippen LogP) is 1.31. The molecule has 0 aliphatic rings. The highest BCUT2D eigenvalue weighted by atomic mass is 16.5. The van der Waals surface area contributed by atoms with Gasteiger partial charge in [-0.1, -0.05) is 6.92 Å². The molecule has 2 amide bonds. The topological polar surface area (TPSA) is 78.9 Å². The van der Waals surface area contributed by atoms with E-state index in [1.807, 2.05) is 13.8 Å². The lowest BCUT2D eigenvalue weighted by atomic mass is 10.1. The molecule has 0 aliphatic carbocycles. The SMILES string of the molecule is CCC(C)N(C)C(=O)NC(CCCOC)C(=O)O. The summed E-state index contributed by atoms with van der Waals surface area (Å²) in [5, 5.41) is 11.5. The van der Waals surface area contributed by atoms with Gasteiger partial charge in [-0.15, -0.1) is 0 Å². The molecular weight excluding hydrogens is 236 g/mol. The third-order valence-corrected chi connectivity index (χ3v) is 3.01. The van der Waals surface area contributed by atoms with Crippen LogP contribution < -0.4 is 5.32 Å². The standard InChI is InChI=1S/C12H24N2O4/c1-5-9(2)14(3)12(17)13-10(11(15)16)7-6-8-18-4/h9-10H,5-8H2,1-4H3,(H,13,17)(H,15,16). The highest BCUT2D eigenvalue weighted by molar-refractivity contribution is 5.82. The van der Waals surface area contributed by atoms with Gasteiger partial charge in [0.25, 0.3) is 0 Å². The molecule has 0 fully saturated rings. The van der Waals surface area contributed by atoms with E-state index in [-0.39, 0.29) is 12.1 Å². The van der Waals surface area contributed by atoms with Crippen molar-refractivity contribution in [3.63, 3.8) is 0 Å². The van der Waals surface area contributed by atoms with Crippen LogP contribution in [0.5, 0.6) is 0 Å². The number of hydrogen-bond donors (Lipinski definition) is 2. The molecule has 6 heteroatoms. The first-order valence-corrected chi connectivity index (χ1v) is 6.19. The Morgan fingerprint density at radius 3 is 2.50 bits per heavy atom. The van der Waals surface area contributed by atoms with Crippen LogP contribution in [0.2, 0.25) is 0 Å². The average Bonchev–Trinajstić information content (AvgIpc) is 2.35. The highest BCUT2D eigenvalue weighted by Crippen LogP contribution is 2.03. The molecule has 0 heterocycles. The number of carbonyl (C=O) groups excluding carboxylic acids is 1. The Bertz CT molecular complexity index is 271. The maximum atomic E-state index is 11.8. The van der Waals surface area contributed by atoms with Crippen molar-refractivity contribution in [2.75, 3.05) is 20.8 Å². The zero-order valence-corrected chi connectivity index (χ0v) is 11.6. The zero-order chi connectivity index (χ0) is 14.1. The molecule has 0 aromatic carbocycles. The van der Waals surface area contributed by atoms with Gasteiger partial charge in [-0.2, -0.15) is 0 Å². The molecular formula is C12H24N2O4. The van der Waals surface area contributed by atoms with E-state index in [0.717, 1.165) is 6.42 Å². The van der Waals surface area contributed by atoms with Crippen molar-refractivity contribution in [3.05, 3.63) is 0 Å². The molecule has 6 nitrogen and oxygen atoms in total. The molecule has 0 rings (SSSR count). The number of carbonyl (C=O) groups is 2. The molecule has 18 heavy (non-hydrogen) atoms. The number of ether oxygens (including phenoxy) is 1. The normalized spacial score (nSPS) is 13.8. The zero-order valence-electron chi connectivity index (χ0n) is 11.6. The molecule has 0 aromatic heterocycles. The van der Waals surface area contributed by atoms with Gasteiger partial charge in [-0.3, -0.25) is 0 Å². The fourth-order valence-electron chi connectivity index (χ4n) is 1.41. The summed E-state index contributed by atoms with van der Waals surface area (Å²) in [6.45, 7) is 4.38. The molecule has 2 N–H and O–H groups in total. The van der Waals surface area contributed by atoms with Crippen LogP contribution >= 0.6 is 0 Å². The number of amides is 2. The van der Waals surface area contributed by atoms with Gasteiger partial charge in [0.1, 0.15) is 6.04 Å². The average molecular weight is 260 g/mol. The molecule has 2 atom stereocenters. The van der Waals surface area contributed by atoms with E-state index in [2.05, 4.69) is 5.32 Å². The molecule has 106 valence electrons. The number of nitrogens with zero attached hydrogens (tertiary/aromatic N) is 1. The second-order valence-electron chi connectivity index (χ2n) is 4.34. The number of carboxylic acid groups (broad SMARTS) is 1. The van der Waals surface area contributed by atoms with Gasteiger partial charge in [0.05, 0.1) is 0 Å². The third kappa shape index (κ3) is 5.86. The fraction of sp³-hybridized carbons (Fsp3) is 0.833. The summed E-state index contributed by atoms with van der Waals surface area (Å²) in [5.74, 6) is -1.02. The molecule has 0 radical (unpaired) electrons. The van der Waals surface area contributed by atoms with E-state index < -0.39 is 12.0 Å². The maximum Gasteiger partial charge on any atom is 0.326 e. The lowest BCUT2D eigenvalue weighted by Gasteiger charge is -2.26. The molecule has 0 spiro atoms. The summed E-state index contributed by atoms with van der Waals surface area (Å²) in [6, 6.07) is -1.13. The second-order valence-corrected chi connectivity index (χ2v) is 4.34. The first-order valence-electron chi connectivity index (χ1n) is 6.19. The Kier molecular flexibility index (Phi) is 8.11. The largest absolute Gasteiger partial charge is 0.480 e. The molecule has 0 bridgehead atoms. The Morgan fingerprint density at radius 1 is 1.44 bits per heavy atom. The van der Waals surface area contributed by atoms with Gasteiger partial charge in [-0.25, -0.2) is 9.59 Å². The summed E-state index contributed by atoms with van der Waals surface area (Å²) in [7, 11) is 3.22. The van der Waals surface area contributed by atoms with Crippen molar-refractivity contribution in [1.29, 1.82) is 0 Å². The van der Waals surface area contributed by atoms with Crippen LogP contribution in [-0.4, -0.2) is 54.9 Å². The number of hydrogen-bond acceptors (Lipinski definition) is 3. The van der Waals surface area contributed by atoms with Gasteiger partial charge in [0.15, 0.2) is 0 Å². The number of aliphatic carboxylic acids is 1. The number of rotatable bonds is 8. The van der Waals surface area contributed by atoms with Crippen LogP contribution in [0.15, 0.2) is 0 Å². The van der Waals surface area contributed by atoms with Gasteiger partial charge >= 0.3 is 12.0 Å². The third-order valence-electron chi connectivity index (χ3n) is 3.01. The summed E-state index contributed by atoms with van der Waals surface area (Å²) in [6.07, 6.45) is 1.79. The summed E-state index contributed by atoms with van der Waals surface area (Å²) < 4.78 is 4.86. The van der Waals surface area contributed by atoms with Crippen LogP contribution in [0.3, 0.4) is 0 Å². The summed E-state index contributed by atoms with van der Waals surface area (Å²) >= 11 is 0. The van der Waals surface area contributed by atoms with Gasteiger partial charge in [0, 0.05) is 26.8 Å². The van der Waals surface area contributed by atoms with E-state index in [9.17, 15) is 9.59 Å². The minimum Gasteiger partial charge on any atom is -0.480 e. The van der Waals surface area contributed by atoms with Crippen LogP contribution in [0.4, 0.5) is 4.79 Å². The molecule has 0 saturated heterocycles. The first-order chi connectivity index (χ1) is 8.43. The lowest BCUT2D eigenvalue weighted by Crippen LogP contribution is -2.49. The van der Waals surface area contributed by atoms with Gasteiger partial charge in [0.2, 0.25) is 0 Å². The molecule has 0 saturated carbocycles. The Balaban J connectivity index is 4.31. The minimum atomic E-state index is -1.02.